The highest BCUT2D eigenvalue weighted by molar-refractivity contribution is 4.79. The van der Waals surface area contributed by atoms with Crippen molar-refractivity contribution in [3.8, 4) is 0 Å². The first-order valence-corrected chi connectivity index (χ1v) is 3.41. The Labute approximate surface area is 55.2 Å². The highest BCUT2D eigenvalue weighted by atomic mass is 16.3. The summed E-state index contributed by atoms with van der Waals surface area (Å²) in [6.07, 6.45) is 0.991. The molecule has 1 rings (SSSR count). The summed E-state index contributed by atoms with van der Waals surface area (Å²) in [7, 11) is 0. The number of aliphatic hydroxyl groups excluding tert-OH is 1. The zero-order valence-corrected chi connectivity index (χ0v) is 5.51. The summed E-state index contributed by atoms with van der Waals surface area (Å²) < 4.78 is 0. The fraction of sp³-hybridized carbons (Fsp3) is 1.00. The van der Waals surface area contributed by atoms with E-state index in [4.69, 9.17) is 10.8 Å². The second-order valence-electron chi connectivity index (χ2n) is 2.60. The SMILES string of the molecule is N[C@@H]1CCNC[C@H]1CO. The molecule has 1 heterocycles. The van der Waals surface area contributed by atoms with Crippen LogP contribution in [0.3, 0.4) is 0 Å². The van der Waals surface area contributed by atoms with Crippen LogP contribution in [0.4, 0.5) is 0 Å². The predicted molar refractivity (Wildman–Crippen MR) is 36.0 cm³/mol. The number of hydrogen-bond acceptors (Lipinski definition) is 3. The van der Waals surface area contributed by atoms with Gasteiger partial charge in [-0.1, -0.05) is 0 Å². The number of rotatable bonds is 1. The van der Waals surface area contributed by atoms with Gasteiger partial charge in [-0.3, -0.25) is 0 Å². The molecule has 0 bridgehead atoms. The van der Waals surface area contributed by atoms with Crippen LogP contribution in [0.1, 0.15) is 6.42 Å². The molecule has 4 N–H and O–H groups in total. The van der Waals surface area contributed by atoms with E-state index in [2.05, 4.69) is 5.32 Å². The first-order valence-electron chi connectivity index (χ1n) is 3.41. The standard InChI is InChI=1S/C6H14N2O/c7-6-1-2-8-3-5(6)4-9/h5-6,8-9H,1-4,7H2/t5-,6+/m0/s1. The molecule has 0 amide bonds. The second-order valence-corrected chi connectivity index (χ2v) is 2.60. The fourth-order valence-corrected chi connectivity index (χ4v) is 1.14. The van der Waals surface area contributed by atoms with E-state index < -0.39 is 0 Å². The van der Waals surface area contributed by atoms with Crippen LogP contribution in [0.2, 0.25) is 0 Å². The number of hydrogen-bond donors (Lipinski definition) is 3. The molecule has 0 aliphatic carbocycles. The molecule has 1 aliphatic heterocycles. The van der Waals surface area contributed by atoms with E-state index in [1.807, 2.05) is 0 Å². The van der Waals surface area contributed by atoms with Gasteiger partial charge in [0.1, 0.15) is 0 Å². The summed E-state index contributed by atoms with van der Waals surface area (Å²) >= 11 is 0. The van der Waals surface area contributed by atoms with Crippen LogP contribution in [0, 0.1) is 5.92 Å². The van der Waals surface area contributed by atoms with Gasteiger partial charge in [0.05, 0.1) is 0 Å². The van der Waals surface area contributed by atoms with E-state index in [1.54, 1.807) is 0 Å². The zero-order chi connectivity index (χ0) is 6.69. The molecule has 1 saturated heterocycles. The Morgan fingerprint density at radius 3 is 2.89 bits per heavy atom. The minimum Gasteiger partial charge on any atom is -0.396 e. The lowest BCUT2D eigenvalue weighted by molar-refractivity contribution is 0.181. The Balaban J connectivity index is 2.30. The summed E-state index contributed by atoms with van der Waals surface area (Å²) in [5.41, 5.74) is 5.69. The third-order valence-electron chi connectivity index (χ3n) is 1.90. The normalized spacial score (nSPS) is 36.7. The Morgan fingerprint density at radius 2 is 2.44 bits per heavy atom. The van der Waals surface area contributed by atoms with Crippen molar-refractivity contribution in [2.75, 3.05) is 19.7 Å². The van der Waals surface area contributed by atoms with Gasteiger partial charge in [-0.05, 0) is 13.0 Å². The fourth-order valence-electron chi connectivity index (χ4n) is 1.14. The summed E-state index contributed by atoms with van der Waals surface area (Å²) in [6.45, 7) is 2.09. The van der Waals surface area contributed by atoms with Crippen molar-refractivity contribution in [1.29, 1.82) is 0 Å². The Kier molecular flexibility index (Phi) is 2.45. The van der Waals surface area contributed by atoms with E-state index in [9.17, 15) is 0 Å². The van der Waals surface area contributed by atoms with Crippen molar-refractivity contribution in [3.63, 3.8) is 0 Å². The van der Waals surface area contributed by atoms with Gasteiger partial charge in [-0.25, -0.2) is 0 Å². The monoisotopic (exact) mass is 130 g/mol. The van der Waals surface area contributed by atoms with Crippen LogP contribution in [0.15, 0.2) is 0 Å². The molecular weight excluding hydrogens is 116 g/mol. The summed E-state index contributed by atoms with van der Waals surface area (Å²) in [5.74, 6) is 0.277. The molecule has 3 heteroatoms. The number of nitrogens with two attached hydrogens (primary N) is 1. The minimum absolute atomic E-state index is 0.205. The van der Waals surface area contributed by atoms with Crippen molar-refractivity contribution >= 4 is 0 Å². The van der Waals surface area contributed by atoms with Gasteiger partial charge in [0.2, 0.25) is 0 Å². The van der Waals surface area contributed by atoms with Crippen molar-refractivity contribution in [2.24, 2.45) is 11.7 Å². The summed E-state index contributed by atoms with van der Waals surface area (Å²) in [4.78, 5) is 0. The molecule has 0 radical (unpaired) electrons. The van der Waals surface area contributed by atoms with E-state index in [0.717, 1.165) is 19.5 Å². The molecule has 54 valence electrons. The molecule has 0 spiro atoms. The number of nitrogens with one attached hydrogen (secondary N) is 1. The van der Waals surface area contributed by atoms with Crippen molar-refractivity contribution < 1.29 is 5.11 Å². The first kappa shape index (κ1) is 6.99. The summed E-state index contributed by atoms with van der Waals surface area (Å²) in [6, 6.07) is 0.205. The van der Waals surface area contributed by atoms with Crippen LogP contribution < -0.4 is 11.1 Å². The van der Waals surface area contributed by atoms with E-state index >= 15 is 0 Å². The van der Waals surface area contributed by atoms with Crippen LogP contribution in [-0.4, -0.2) is 30.8 Å². The van der Waals surface area contributed by atoms with Crippen LogP contribution in [-0.2, 0) is 0 Å². The van der Waals surface area contributed by atoms with Gasteiger partial charge >= 0.3 is 0 Å². The molecule has 0 aromatic carbocycles. The lowest BCUT2D eigenvalue weighted by atomic mass is 9.95. The third kappa shape index (κ3) is 1.64. The Morgan fingerprint density at radius 1 is 1.67 bits per heavy atom. The third-order valence-corrected chi connectivity index (χ3v) is 1.90. The van der Waals surface area contributed by atoms with Crippen molar-refractivity contribution in [3.05, 3.63) is 0 Å². The minimum atomic E-state index is 0.205. The molecule has 0 saturated carbocycles. The smallest absolute Gasteiger partial charge is 0.0486 e. The topological polar surface area (TPSA) is 58.3 Å². The molecule has 2 atom stereocenters. The van der Waals surface area contributed by atoms with Crippen LogP contribution in [0.5, 0.6) is 0 Å². The van der Waals surface area contributed by atoms with Gasteiger partial charge in [0.25, 0.3) is 0 Å². The highest BCUT2D eigenvalue weighted by Crippen LogP contribution is 2.06. The van der Waals surface area contributed by atoms with E-state index in [-0.39, 0.29) is 18.6 Å². The molecule has 0 aromatic rings. The molecule has 1 aliphatic rings. The molecular formula is C6H14N2O. The molecule has 0 aromatic heterocycles. The van der Waals surface area contributed by atoms with Gasteiger partial charge in [0, 0.05) is 25.1 Å². The average Bonchev–Trinajstić information content (AvgIpc) is 1.89. The average molecular weight is 130 g/mol. The lowest BCUT2D eigenvalue weighted by Crippen LogP contribution is -2.46. The second kappa shape index (κ2) is 3.15. The maximum Gasteiger partial charge on any atom is 0.0486 e. The Hall–Kier alpha value is -0.120. The highest BCUT2D eigenvalue weighted by Gasteiger charge is 2.19. The van der Waals surface area contributed by atoms with Gasteiger partial charge in [-0.15, -0.1) is 0 Å². The number of piperidine rings is 1. The molecule has 1 fully saturated rings. The van der Waals surface area contributed by atoms with Gasteiger partial charge in [0.15, 0.2) is 0 Å². The lowest BCUT2D eigenvalue weighted by Gasteiger charge is -2.27. The van der Waals surface area contributed by atoms with Crippen LogP contribution in [0.25, 0.3) is 0 Å². The molecule has 3 nitrogen and oxygen atoms in total. The van der Waals surface area contributed by atoms with Crippen molar-refractivity contribution in [1.82, 2.24) is 5.32 Å². The maximum atomic E-state index is 8.74. The van der Waals surface area contributed by atoms with E-state index in [0.29, 0.717) is 0 Å². The first-order chi connectivity index (χ1) is 4.34. The molecule has 9 heavy (non-hydrogen) atoms. The van der Waals surface area contributed by atoms with Gasteiger partial charge in [-0.2, -0.15) is 0 Å². The zero-order valence-electron chi connectivity index (χ0n) is 5.51. The van der Waals surface area contributed by atoms with Crippen molar-refractivity contribution in [2.45, 2.75) is 12.5 Å². The quantitative estimate of drug-likeness (QED) is 0.423. The number of aliphatic hydroxyl groups is 1. The Bertz CT molecular complexity index is 87.1. The van der Waals surface area contributed by atoms with E-state index in [1.165, 1.54) is 0 Å². The largest absolute Gasteiger partial charge is 0.396 e. The van der Waals surface area contributed by atoms with Crippen LogP contribution >= 0.6 is 0 Å². The van der Waals surface area contributed by atoms with Gasteiger partial charge < -0.3 is 16.2 Å². The predicted octanol–water partition coefficient (Wildman–Crippen LogP) is -1.08. The summed E-state index contributed by atoms with van der Waals surface area (Å²) in [5, 5.41) is 11.9. The molecule has 0 unspecified atom stereocenters. The maximum absolute atomic E-state index is 8.74.